The van der Waals surface area contributed by atoms with Crippen LogP contribution in [0.5, 0.6) is 0 Å². The van der Waals surface area contributed by atoms with Crippen LogP contribution in [0.3, 0.4) is 0 Å². The number of nitrogens with one attached hydrogen (secondary N) is 1. The number of amides is 3. The summed E-state index contributed by atoms with van der Waals surface area (Å²) in [5.74, 6) is -2.05. The van der Waals surface area contributed by atoms with Crippen molar-refractivity contribution in [2.45, 2.75) is 6.92 Å². The summed E-state index contributed by atoms with van der Waals surface area (Å²) >= 11 is 0. The Morgan fingerprint density at radius 2 is 1.83 bits per heavy atom. The molecule has 0 unspecified atom stereocenters. The van der Waals surface area contributed by atoms with E-state index < -0.39 is 23.7 Å². The molecule has 8 heteroatoms. The second kappa shape index (κ2) is 7.57. The Bertz CT molecular complexity index is 600. The van der Waals surface area contributed by atoms with Crippen LogP contribution in [0.25, 0.3) is 0 Å². The lowest BCUT2D eigenvalue weighted by Gasteiger charge is -2.33. The zero-order valence-electron chi connectivity index (χ0n) is 12.8. The van der Waals surface area contributed by atoms with Crippen molar-refractivity contribution in [2.24, 2.45) is 0 Å². The summed E-state index contributed by atoms with van der Waals surface area (Å²) < 4.78 is 17.9. The van der Waals surface area contributed by atoms with Gasteiger partial charge in [0.15, 0.2) is 0 Å². The van der Waals surface area contributed by atoms with E-state index in [0.717, 1.165) is 6.07 Å². The lowest BCUT2D eigenvalue weighted by Crippen LogP contribution is -2.53. The number of hydrogen-bond acceptors (Lipinski definition) is 4. The Balaban J connectivity index is 1.87. The van der Waals surface area contributed by atoms with Gasteiger partial charge in [-0.25, -0.2) is 9.18 Å². The van der Waals surface area contributed by atoms with Crippen LogP contribution in [0.15, 0.2) is 24.3 Å². The number of carbonyl (C=O) groups excluding carboxylic acids is 3. The maximum atomic E-state index is 13.1. The van der Waals surface area contributed by atoms with Gasteiger partial charge in [-0.3, -0.25) is 9.59 Å². The molecule has 1 heterocycles. The van der Waals surface area contributed by atoms with Crippen molar-refractivity contribution in [3.63, 3.8) is 0 Å². The van der Waals surface area contributed by atoms with Crippen molar-refractivity contribution in [2.75, 3.05) is 38.1 Å². The Kier molecular flexibility index (Phi) is 5.51. The molecule has 0 atom stereocenters. The summed E-state index contributed by atoms with van der Waals surface area (Å²) in [5.41, 5.74) is 0.216. The molecule has 1 aromatic carbocycles. The van der Waals surface area contributed by atoms with Gasteiger partial charge in [-0.15, -0.1) is 0 Å². The van der Waals surface area contributed by atoms with Crippen LogP contribution < -0.4 is 5.32 Å². The molecule has 0 bridgehead atoms. The molecule has 0 saturated carbocycles. The van der Waals surface area contributed by atoms with Crippen LogP contribution in [-0.4, -0.2) is 60.5 Å². The van der Waals surface area contributed by atoms with Crippen molar-refractivity contribution < 1.29 is 23.5 Å². The Labute approximate surface area is 133 Å². The highest BCUT2D eigenvalue weighted by atomic mass is 19.1. The first-order valence-electron chi connectivity index (χ1n) is 7.28. The number of carbonyl (C=O) groups is 3. The molecule has 1 aliphatic rings. The smallest absolute Gasteiger partial charge is 0.409 e. The van der Waals surface area contributed by atoms with E-state index in [1.165, 1.54) is 28.0 Å². The summed E-state index contributed by atoms with van der Waals surface area (Å²) in [6.45, 7) is 3.10. The molecule has 23 heavy (non-hydrogen) atoms. The van der Waals surface area contributed by atoms with Gasteiger partial charge in [0.2, 0.25) is 0 Å². The van der Waals surface area contributed by atoms with Crippen LogP contribution in [-0.2, 0) is 14.3 Å². The molecule has 1 aromatic rings. The van der Waals surface area contributed by atoms with E-state index in [4.69, 9.17) is 4.74 Å². The highest BCUT2D eigenvalue weighted by molar-refractivity contribution is 6.39. The van der Waals surface area contributed by atoms with Crippen molar-refractivity contribution in [1.82, 2.24) is 9.80 Å². The molecule has 1 N–H and O–H groups in total. The molecule has 1 saturated heterocycles. The fourth-order valence-electron chi connectivity index (χ4n) is 2.20. The van der Waals surface area contributed by atoms with Crippen LogP contribution in [0.1, 0.15) is 6.92 Å². The van der Waals surface area contributed by atoms with Gasteiger partial charge in [-0.1, -0.05) is 6.07 Å². The highest BCUT2D eigenvalue weighted by Gasteiger charge is 2.28. The molecule has 0 spiro atoms. The maximum Gasteiger partial charge on any atom is 0.409 e. The molecule has 0 aromatic heterocycles. The third-order valence-electron chi connectivity index (χ3n) is 3.37. The molecule has 1 fully saturated rings. The summed E-state index contributed by atoms with van der Waals surface area (Å²) in [7, 11) is 0. The zero-order chi connectivity index (χ0) is 16.8. The summed E-state index contributed by atoms with van der Waals surface area (Å²) in [4.78, 5) is 38.4. The zero-order valence-corrected chi connectivity index (χ0v) is 12.8. The fraction of sp³-hybridized carbons (Fsp3) is 0.400. The fourth-order valence-corrected chi connectivity index (χ4v) is 2.20. The summed E-state index contributed by atoms with van der Waals surface area (Å²) in [6.07, 6.45) is -0.427. The van der Waals surface area contributed by atoms with Crippen molar-refractivity contribution in [3.8, 4) is 0 Å². The average molecular weight is 323 g/mol. The number of benzene rings is 1. The minimum absolute atomic E-state index is 0.216. The van der Waals surface area contributed by atoms with E-state index in [1.54, 1.807) is 6.92 Å². The summed E-state index contributed by atoms with van der Waals surface area (Å²) in [5, 5.41) is 2.36. The maximum absolute atomic E-state index is 13.1. The van der Waals surface area contributed by atoms with Crippen molar-refractivity contribution in [1.29, 1.82) is 0 Å². The standard InChI is InChI=1S/C15H18FN3O4/c1-2-23-15(22)19-8-6-18(7-9-19)14(21)13(20)17-12-5-3-4-11(16)10-12/h3-5,10H,2,6-9H2,1H3,(H,17,20). The number of hydrogen-bond donors (Lipinski definition) is 1. The topological polar surface area (TPSA) is 79.0 Å². The van der Waals surface area contributed by atoms with E-state index in [0.29, 0.717) is 13.1 Å². The summed E-state index contributed by atoms with van der Waals surface area (Å²) in [6, 6.07) is 5.30. The molecular formula is C15H18FN3O4. The predicted octanol–water partition coefficient (Wildman–Crippen LogP) is 1.06. The van der Waals surface area contributed by atoms with Gasteiger partial charge in [-0.05, 0) is 25.1 Å². The van der Waals surface area contributed by atoms with Crippen LogP contribution >= 0.6 is 0 Å². The monoisotopic (exact) mass is 323 g/mol. The van der Waals surface area contributed by atoms with E-state index in [9.17, 15) is 18.8 Å². The van der Waals surface area contributed by atoms with Gasteiger partial charge >= 0.3 is 17.9 Å². The Hall–Kier alpha value is -2.64. The number of anilines is 1. The van der Waals surface area contributed by atoms with Gasteiger partial charge in [0.25, 0.3) is 0 Å². The average Bonchev–Trinajstić information content (AvgIpc) is 2.54. The number of piperazine rings is 1. The quantitative estimate of drug-likeness (QED) is 0.826. The van der Waals surface area contributed by atoms with Gasteiger partial charge in [0.05, 0.1) is 6.61 Å². The lowest BCUT2D eigenvalue weighted by atomic mass is 10.3. The van der Waals surface area contributed by atoms with Gasteiger partial charge in [0.1, 0.15) is 5.82 Å². The lowest BCUT2D eigenvalue weighted by molar-refractivity contribution is -0.144. The molecular weight excluding hydrogens is 305 g/mol. The van der Waals surface area contributed by atoms with E-state index in [1.807, 2.05) is 0 Å². The number of ether oxygens (including phenoxy) is 1. The molecule has 124 valence electrons. The number of halogens is 1. The molecule has 3 amide bonds. The van der Waals surface area contributed by atoms with Crippen molar-refractivity contribution >= 4 is 23.6 Å². The third kappa shape index (κ3) is 4.41. The molecule has 2 rings (SSSR count). The van der Waals surface area contributed by atoms with Crippen LogP contribution in [0, 0.1) is 5.82 Å². The van der Waals surface area contributed by atoms with E-state index in [-0.39, 0.29) is 25.4 Å². The highest BCUT2D eigenvalue weighted by Crippen LogP contribution is 2.10. The van der Waals surface area contributed by atoms with Crippen LogP contribution in [0.2, 0.25) is 0 Å². The molecule has 7 nitrogen and oxygen atoms in total. The Morgan fingerprint density at radius 1 is 1.17 bits per heavy atom. The van der Waals surface area contributed by atoms with E-state index in [2.05, 4.69) is 5.32 Å². The van der Waals surface area contributed by atoms with Gasteiger partial charge < -0.3 is 19.9 Å². The first-order valence-corrected chi connectivity index (χ1v) is 7.28. The van der Waals surface area contributed by atoms with Crippen LogP contribution in [0.4, 0.5) is 14.9 Å². The van der Waals surface area contributed by atoms with Gasteiger partial charge in [-0.2, -0.15) is 0 Å². The first kappa shape index (κ1) is 16.7. The van der Waals surface area contributed by atoms with Crippen molar-refractivity contribution in [3.05, 3.63) is 30.1 Å². The van der Waals surface area contributed by atoms with Gasteiger partial charge in [0, 0.05) is 31.9 Å². The second-order valence-electron chi connectivity index (χ2n) is 4.94. The molecule has 1 aliphatic heterocycles. The minimum Gasteiger partial charge on any atom is -0.450 e. The number of nitrogens with zero attached hydrogens (tertiary/aromatic N) is 2. The molecule has 0 radical (unpaired) electrons. The van der Waals surface area contributed by atoms with E-state index >= 15 is 0 Å². The number of rotatable bonds is 2. The second-order valence-corrected chi connectivity index (χ2v) is 4.94. The predicted molar refractivity (Wildman–Crippen MR) is 80.2 cm³/mol. The third-order valence-corrected chi connectivity index (χ3v) is 3.37. The normalized spacial score (nSPS) is 14.3. The Morgan fingerprint density at radius 3 is 2.43 bits per heavy atom. The minimum atomic E-state index is -0.833. The largest absolute Gasteiger partial charge is 0.450 e. The molecule has 0 aliphatic carbocycles. The first-order chi connectivity index (χ1) is 11.0. The SMILES string of the molecule is CCOC(=O)N1CCN(C(=O)C(=O)Nc2cccc(F)c2)CC1.